The molecule has 0 spiro atoms. The smallest absolute Gasteiger partial charge is 0.167 e. The molecular formula is C47H56F2N4O5. The maximum atomic E-state index is 16.0. The number of hydrogen-bond acceptors (Lipinski definition) is 9. The number of carbonyl (C=O) groups is 3. The zero-order chi connectivity index (χ0) is 41.8. The first kappa shape index (κ1) is 42.8. The van der Waals surface area contributed by atoms with Crippen molar-refractivity contribution in [1.82, 2.24) is 19.6 Å². The van der Waals surface area contributed by atoms with Gasteiger partial charge in [0.25, 0.3) is 0 Å². The van der Waals surface area contributed by atoms with Crippen LogP contribution >= 0.6 is 0 Å². The van der Waals surface area contributed by atoms with Gasteiger partial charge in [-0.3, -0.25) is 14.4 Å². The average molecular weight is 795 g/mol. The average Bonchev–Trinajstić information content (AvgIpc) is 3.20. The van der Waals surface area contributed by atoms with Gasteiger partial charge in [0.1, 0.15) is 28.9 Å². The lowest BCUT2D eigenvalue weighted by atomic mass is 9.62. The van der Waals surface area contributed by atoms with Crippen molar-refractivity contribution in [2.24, 2.45) is 23.7 Å². The van der Waals surface area contributed by atoms with Gasteiger partial charge in [-0.25, -0.2) is 8.78 Å². The number of phenolic OH excluding ortho intramolecular Hbond substituents is 2. The van der Waals surface area contributed by atoms with Crippen LogP contribution in [-0.4, -0.2) is 128 Å². The third-order valence-electron chi connectivity index (χ3n) is 12.3. The summed E-state index contributed by atoms with van der Waals surface area (Å²) in [6, 6.07) is 21.9. The van der Waals surface area contributed by atoms with Gasteiger partial charge in [0.15, 0.2) is 11.6 Å². The molecule has 2 heterocycles. The molecule has 0 amide bonds. The van der Waals surface area contributed by atoms with E-state index in [1.807, 2.05) is 38.0 Å². The van der Waals surface area contributed by atoms with Crippen LogP contribution in [0.1, 0.15) is 54.8 Å². The topological polar surface area (TPSA) is 105 Å². The monoisotopic (exact) mass is 794 g/mol. The van der Waals surface area contributed by atoms with Gasteiger partial charge >= 0.3 is 0 Å². The molecular weight excluding hydrogens is 739 g/mol. The molecule has 4 aromatic carbocycles. The fourth-order valence-electron chi connectivity index (χ4n) is 9.21. The van der Waals surface area contributed by atoms with Crippen molar-refractivity contribution in [3.8, 4) is 11.5 Å². The number of phenols is 2. The van der Waals surface area contributed by atoms with E-state index < -0.39 is 47.1 Å². The molecule has 308 valence electrons. The lowest BCUT2D eigenvalue weighted by molar-refractivity contribution is -0.133. The second-order valence-electron chi connectivity index (χ2n) is 16.7. The fourth-order valence-corrected chi connectivity index (χ4v) is 9.21. The van der Waals surface area contributed by atoms with Crippen LogP contribution in [0.3, 0.4) is 0 Å². The summed E-state index contributed by atoms with van der Waals surface area (Å²) in [6.07, 6.45) is 0. The molecule has 6 atom stereocenters. The molecule has 2 saturated heterocycles. The van der Waals surface area contributed by atoms with E-state index in [0.29, 0.717) is 72.6 Å². The van der Waals surface area contributed by atoms with Crippen LogP contribution in [0.2, 0.25) is 0 Å². The summed E-state index contributed by atoms with van der Waals surface area (Å²) in [4.78, 5) is 53.9. The Bertz CT molecular complexity index is 1980. The van der Waals surface area contributed by atoms with Crippen LogP contribution in [0, 0.1) is 49.2 Å². The Kier molecular flexibility index (Phi) is 13.6. The molecule has 4 aromatic rings. The van der Waals surface area contributed by atoms with Gasteiger partial charge in [0.2, 0.25) is 0 Å². The maximum Gasteiger partial charge on any atom is 0.167 e. The molecule has 0 radical (unpaired) electrons. The van der Waals surface area contributed by atoms with Crippen molar-refractivity contribution in [3.05, 3.63) is 130 Å². The largest absolute Gasteiger partial charge is 0.508 e. The number of likely N-dealkylation sites (tertiary alicyclic amines) is 2. The van der Waals surface area contributed by atoms with Gasteiger partial charge < -0.3 is 29.8 Å². The predicted octanol–water partition coefficient (Wildman–Crippen LogP) is 6.41. The van der Waals surface area contributed by atoms with Crippen LogP contribution in [-0.2, 0) is 4.79 Å². The van der Waals surface area contributed by atoms with Gasteiger partial charge in [0, 0.05) is 99.0 Å². The third-order valence-corrected chi connectivity index (χ3v) is 12.3. The molecule has 2 N–H and O–H groups in total. The molecule has 0 saturated carbocycles. The van der Waals surface area contributed by atoms with E-state index in [9.17, 15) is 19.8 Å². The Morgan fingerprint density at radius 2 is 0.948 bits per heavy atom. The normalized spacial score (nSPS) is 23.0. The first-order valence-corrected chi connectivity index (χ1v) is 20.1. The quantitative estimate of drug-likeness (QED) is 0.140. The highest BCUT2D eigenvalue weighted by molar-refractivity contribution is 6.01. The Hall–Kier alpha value is -4.81. The highest BCUT2D eigenvalue weighted by Gasteiger charge is 2.51. The SMILES string of the molecule is Cc1c(F)cccc1C1C(C(=O)c2cccc(O)c2)CN(CCN(C)C)CC1C(=O)[C@H]1CN(CCN(C)C)C[C@H](C(=O)c2cccc(O)c2)[C@@H]1c1cccc(F)c1C. The number of rotatable bonds is 14. The molecule has 0 aliphatic carbocycles. The first-order chi connectivity index (χ1) is 27.6. The Labute approximate surface area is 340 Å². The van der Waals surface area contributed by atoms with Gasteiger partial charge in [-0.1, -0.05) is 48.5 Å². The summed E-state index contributed by atoms with van der Waals surface area (Å²) < 4.78 is 31.2. The van der Waals surface area contributed by atoms with Gasteiger partial charge in [-0.05, 0) is 101 Å². The second-order valence-corrected chi connectivity index (χ2v) is 16.7. The van der Waals surface area contributed by atoms with Crippen LogP contribution in [0.4, 0.5) is 8.78 Å². The highest BCUT2D eigenvalue weighted by atomic mass is 19.1. The number of halogens is 2. The Balaban J connectivity index is 1.55. The van der Waals surface area contributed by atoms with E-state index in [0.717, 1.165) is 0 Å². The summed E-state index contributed by atoms with van der Waals surface area (Å²) in [5, 5.41) is 20.9. The van der Waals surface area contributed by atoms with Crippen molar-refractivity contribution in [2.45, 2.75) is 25.7 Å². The summed E-state index contributed by atoms with van der Waals surface area (Å²) in [5.41, 5.74) is 2.42. The van der Waals surface area contributed by atoms with E-state index in [1.165, 1.54) is 36.4 Å². The summed E-state index contributed by atoms with van der Waals surface area (Å²) in [6.45, 7) is 6.95. The number of aromatic hydroxyl groups is 2. The maximum absolute atomic E-state index is 16.0. The van der Waals surface area contributed by atoms with E-state index >= 15 is 13.6 Å². The zero-order valence-electron chi connectivity index (χ0n) is 34.4. The van der Waals surface area contributed by atoms with Gasteiger partial charge in [-0.2, -0.15) is 0 Å². The summed E-state index contributed by atoms with van der Waals surface area (Å²) in [7, 11) is 7.84. The number of likely N-dealkylation sites (N-methyl/N-ethyl adjacent to an activating group) is 2. The predicted molar refractivity (Wildman–Crippen MR) is 222 cm³/mol. The van der Waals surface area contributed by atoms with Crippen LogP contribution in [0.25, 0.3) is 0 Å². The fraction of sp³-hybridized carbons (Fsp3) is 0.426. The molecule has 2 aliphatic heterocycles. The molecule has 0 aromatic heterocycles. The number of hydrogen-bond donors (Lipinski definition) is 2. The van der Waals surface area contributed by atoms with E-state index in [4.69, 9.17) is 0 Å². The number of benzene rings is 4. The van der Waals surface area contributed by atoms with Gasteiger partial charge in [0.05, 0.1) is 0 Å². The van der Waals surface area contributed by atoms with E-state index in [-0.39, 0.29) is 41.9 Å². The lowest BCUT2D eigenvalue weighted by Gasteiger charge is -2.48. The Morgan fingerprint density at radius 1 is 0.586 bits per heavy atom. The van der Waals surface area contributed by atoms with E-state index in [1.54, 1.807) is 62.4 Å². The summed E-state index contributed by atoms with van der Waals surface area (Å²) in [5.74, 6) is -6.44. The molecule has 9 nitrogen and oxygen atoms in total. The standard InChI is InChI=1S/C47H56F2N4O5/c1-29-35(15-9-17-41(29)48)43-37(45(56)31-11-7-13-33(54)23-31)25-52(21-19-50(3)4)27-39(43)47(58)40-28-53(22-20-51(5)6)26-38(46(57)32-12-8-14-34(55)24-32)44(40)36-16-10-18-42(49)30(36)2/h7-18,23-24,37-40,43-44,54-55H,19-22,25-28H2,1-6H3/t37-,38?,39-,40?,43-,44?/m0/s1. The Morgan fingerprint density at radius 3 is 1.31 bits per heavy atom. The number of carbonyl (C=O) groups excluding carboxylic acids is 3. The van der Waals surface area contributed by atoms with Gasteiger partial charge in [-0.15, -0.1) is 0 Å². The lowest BCUT2D eigenvalue weighted by Crippen LogP contribution is -2.57. The minimum atomic E-state index is -0.825. The van der Waals surface area contributed by atoms with Crippen LogP contribution in [0.15, 0.2) is 84.9 Å². The van der Waals surface area contributed by atoms with E-state index in [2.05, 4.69) is 9.80 Å². The van der Waals surface area contributed by atoms with Crippen molar-refractivity contribution < 1.29 is 33.4 Å². The van der Waals surface area contributed by atoms with Crippen LogP contribution < -0.4 is 0 Å². The van der Waals surface area contributed by atoms with Crippen molar-refractivity contribution in [3.63, 3.8) is 0 Å². The summed E-state index contributed by atoms with van der Waals surface area (Å²) >= 11 is 0. The van der Waals surface area contributed by atoms with Crippen molar-refractivity contribution in [2.75, 3.05) is 80.5 Å². The van der Waals surface area contributed by atoms with Crippen LogP contribution in [0.5, 0.6) is 11.5 Å². The van der Waals surface area contributed by atoms with Crippen molar-refractivity contribution >= 4 is 17.3 Å². The first-order valence-electron chi connectivity index (χ1n) is 20.1. The number of nitrogens with zero attached hydrogens (tertiary/aromatic N) is 4. The second kappa shape index (κ2) is 18.4. The highest BCUT2D eigenvalue weighted by Crippen LogP contribution is 2.47. The zero-order valence-corrected chi connectivity index (χ0v) is 34.4. The minimum Gasteiger partial charge on any atom is -0.508 e. The molecule has 0 bridgehead atoms. The molecule has 11 heteroatoms. The molecule has 3 unspecified atom stereocenters. The molecule has 2 fully saturated rings. The number of Topliss-reactive ketones (excluding diaryl/α,β-unsaturated/α-hetero) is 3. The molecule has 2 aliphatic rings. The molecule has 6 rings (SSSR count). The number of ketones is 3. The van der Waals surface area contributed by atoms with Crippen molar-refractivity contribution in [1.29, 1.82) is 0 Å². The third kappa shape index (κ3) is 9.39. The minimum absolute atomic E-state index is 0.0620. The molecule has 58 heavy (non-hydrogen) atoms. The number of piperidine rings is 2.